The fourth-order valence-electron chi connectivity index (χ4n) is 3.24. The van der Waals surface area contributed by atoms with Crippen molar-refractivity contribution in [2.24, 2.45) is 0 Å². The fraction of sp³-hybridized carbons (Fsp3) is 0.429. The number of aliphatic hydroxyl groups excluding tert-OH is 1. The van der Waals surface area contributed by atoms with Crippen LogP contribution in [0, 0.1) is 6.92 Å². The zero-order valence-corrected chi connectivity index (χ0v) is 16.0. The number of amides is 1. The van der Waals surface area contributed by atoms with Crippen LogP contribution in [0.25, 0.3) is 0 Å². The molecule has 0 fully saturated rings. The maximum absolute atomic E-state index is 12.9. The number of aryl methyl sites for hydroxylation is 1. The highest BCUT2D eigenvalue weighted by atomic mass is 16.5. The number of hydrogen-bond donors (Lipinski definition) is 1. The van der Waals surface area contributed by atoms with Gasteiger partial charge in [-0.25, -0.2) is 0 Å². The first-order chi connectivity index (χ1) is 13.0. The average molecular weight is 370 g/mol. The number of hydrogen-bond acceptors (Lipinski definition) is 5. The predicted octanol–water partition coefficient (Wildman–Crippen LogP) is 3.19. The molecule has 0 spiro atoms. The van der Waals surface area contributed by atoms with E-state index in [2.05, 4.69) is 4.98 Å². The molecule has 1 amide bonds. The second-order valence-electron chi connectivity index (χ2n) is 6.66. The Labute approximate surface area is 159 Å². The van der Waals surface area contributed by atoms with Gasteiger partial charge in [-0.05, 0) is 50.6 Å². The number of aliphatic hydroxyl groups is 1. The first-order valence-corrected chi connectivity index (χ1v) is 9.33. The number of rotatable bonds is 5. The van der Waals surface area contributed by atoms with Crippen LogP contribution < -0.4 is 9.47 Å². The lowest BCUT2D eigenvalue weighted by Crippen LogP contribution is -2.37. The standard InChI is InChI=1S/C21H26N2O4/c1-4-23(21(25)20(24)17-8-5-7-14(2)22-17)15(3)16-9-10-18-19(13-16)27-12-6-11-26-18/h5,7-10,13,15,20,24H,4,6,11-12H2,1-3H3. The molecule has 0 saturated carbocycles. The van der Waals surface area contributed by atoms with E-state index < -0.39 is 6.10 Å². The topological polar surface area (TPSA) is 71.9 Å². The Bertz CT molecular complexity index is 809. The van der Waals surface area contributed by atoms with Crippen LogP contribution >= 0.6 is 0 Å². The highest BCUT2D eigenvalue weighted by molar-refractivity contribution is 5.82. The molecular formula is C21H26N2O4. The van der Waals surface area contributed by atoms with Crippen LogP contribution in [0.3, 0.4) is 0 Å². The van der Waals surface area contributed by atoms with Gasteiger partial charge in [0.1, 0.15) is 0 Å². The van der Waals surface area contributed by atoms with Gasteiger partial charge in [0, 0.05) is 18.7 Å². The Hall–Kier alpha value is -2.60. The summed E-state index contributed by atoms with van der Waals surface area (Å²) in [6, 6.07) is 10.8. The second-order valence-corrected chi connectivity index (χ2v) is 6.66. The highest BCUT2D eigenvalue weighted by Gasteiger charge is 2.28. The van der Waals surface area contributed by atoms with E-state index in [4.69, 9.17) is 9.47 Å². The molecule has 1 aromatic heterocycles. The molecule has 1 aliphatic heterocycles. The fourth-order valence-corrected chi connectivity index (χ4v) is 3.24. The first-order valence-electron chi connectivity index (χ1n) is 9.33. The summed E-state index contributed by atoms with van der Waals surface area (Å²) in [4.78, 5) is 18.8. The molecule has 144 valence electrons. The molecule has 0 radical (unpaired) electrons. The lowest BCUT2D eigenvalue weighted by Gasteiger charge is -2.30. The van der Waals surface area contributed by atoms with E-state index in [1.54, 1.807) is 17.0 Å². The van der Waals surface area contributed by atoms with Gasteiger partial charge in [-0.2, -0.15) is 0 Å². The minimum Gasteiger partial charge on any atom is -0.490 e. The number of nitrogens with zero attached hydrogens (tertiary/aromatic N) is 2. The predicted molar refractivity (Wildman–Crippen MR) is 102 cm³/mol. The smallest absolute Gasteiger partial charge is 0.258 e. The van der Waals surface area contributed by atoms with Crippen molar-refractivity contribution in [3.63, 3.8) is 0 Å². The van der Waals surface area contributed by atoms with E-state index in [1.807, 2.05) is 45.0 Å². The number of likely N-dealkylation sites (N-methyl/N-ethyl adjacent to an activating group) is 1. The molecule has 6 nitrogen and oxygen atoms in total. The summed E-state index contributed by atoms with van der Waals surface area (Å²) in [6.45, 7) is 7.39. The third kappa shape index (κ3) is 4.22. The second kappa shape index (κ2) is 8.39. The van der Waals surface area contributed by atoms with Crippen molar-refractivity contribution in [1.29, 1.82) is 0 Å². The van der Waals surface area contributed by atoms with Crippen LogP contribution in [0.5, 0.6) is 11.5 Å². The molecule has 0 bridgehead atoms. The number of aromatic nitrogens is 1. The van der Waals surface area contributed by atoms with Gasteiger partial charge in [0.05, 0.1) is 24.9 Å². The molecule has 1 aromatic carbocycles. The summed E-state index contributed by atoms with van der Waals surface area (Å²) in [5.74, 6) is 1.05. The zero-order chi connectivity index (χ0) is 19.4. The Kier molecular flexibility index (Phi) is 5.96. The van der Waals surface area contributed by atoms with Gasteiger partial charge < -0.3 is 19.5 Å². The molecule has 2 atom stereocenters. The number of benzene rings is 1. The number of pyridine rings is 1. The molecule has 3 rings (SSSR count). The van der Waals surface area contributed by atoms with Crippen molar-refractivity contribution < 1.29 is 19.4 Å². The number of fused-ring (bicyclic) bond motifs is 1. The third-order valence-electron chi connectivity index (χ3n) is 4.77. The van der Waals surface area contributed by atoms with Gasteiger partial charge in [0.25, 0.3) is 5.91 Å². The van der Waals surface area contributed by atoms with Crippen LogP contribution in [0.15, 0.2) is 36.4 Å². The minimum absolute atomic E-state index is 0.223. The first kappa shape index (κ1) is 19.2. The van der Waals surface area contributed by atoms with Crippen molar-refractivity contribution >= 4 is 5.91 Å². The van der Waals surface area contributed by atoms with E-state index >= 15 is 0 Å². The van der Waals surface area contributed by atoms with E-state index in [1.165, 1.54) is 0 Å². The summed E-state index contributed by atoms with van der Waals surface area (Å²) in [7, 11) is 0. The van der Waals surface area contributed by atoms with Crippen LogP contribution in [0.1, 0.15) is 49.4 Å². The Balaban J connectivity index is 1.82. The lowest BCUT2D eigenvalue weighted by atomic mass is 10.0. The van der Waals surface area contributed by atoms with E-state index in [0.717, 1.165) is 23.4 Å². The Morgan fingerprint density at radius 1 is 1.22 bits per heavy atom. The van der Waals surface area contributed by atoms with E-state index in [-0.39, 0.29) is 11.9 Å². The number of ether oxygens (including phenoxy) is 2. The van der Waals surface area contributed by atoms with E-state index in [9.17, 15) is 9.90 Å². The summed E-state index contributed by atoms with van der Waals surface area (Å²) >= 11 is 0. The van der Waals surface area contributed by atoms with Crippen LogP contribution in [0.2, 0.25) is 0 Å². The van der Waals surface area contributed by atoms with Crippen LogP contribution in [-0.4, -0.2) is 40.7 Å². The zero-order valence-electron chi connectivity index (χ0n) is 16.0. The molecule has 27 heavy (non-hydrogen) atoms. The summed E-state index contributed by atoms with van der Waals surface area (Å²) in [5.41, 5.74) is 2.06. The van der Waals surface area contributed by atoms with Crippen molar-refractivity contribution in [2.45, 2.75) is 39.3 Å². The lowest BCUT2D eigenvalue weighted by molar-refractivity contribution is -0.142. The van der Waals surface area contributed by atoms with Crippen molar-refractivity contribution in [2.75, 3.05) is 19.8 Å². The van der Waals surface area contributed by atoms with Crippen LogP contribution in [0.4, 0.5) is 0 Å². The summed E-state index contributed by atoms with van der Waals surface area (Å²) < 4.78 is 11.4. The number of carbonyl (C=O) groups is 1. The monoisotopic (exact) mass is 370 g/mol. The molecular weight excluding hydrogens is 344 g/mol. The minimum atomic E-state index is -1.28. The van der Waals surface area contributed by atoms with E-state index in [0.29, 0.717) is 31.2 Å². The maximum atomic E-state index is 12.9. The normalized spacial score (nSPS) is 15.6. The molecule has 6 heteroatoms. The maximum Gasteiger partial charge on any atom is 0.258 e. The Morgan fingerprint density at radius 2 is 1.96 bits per heavy atom. The molecule has 2 unspecified atom stereocenters. The Morgan fingerprint density at radius 3 is 2.67 bits per heavy atom. The van der Waals surface area contributed by atoms with Gasteiger partial charge in [-0.15, -0.1) is 0 Å². The summed E-state index contributed by atoms with van der Waals surface area (Å²) in [5, 5.41) is 10.5. The van der Waals surface area contributed by atoms with Crippen molar-refractivity contribution in [1.82, 2.24) is 9.88 Å². The van der Waals surface area contributed by atoms with Crippen LogP contribution in [-0.2, 0) is 4.79 Å². The molecule has 1 N–H and O–H groups in total. The molecule has 0 saturated heterocycles. The molecule has 2 aromatic rings. The van der Waals surface area contributed by atoms with Gasteiger partial charge in [-0.3, -0.25) is 9.78 Å². The molecule has 1 aliphatic rings. The third-order valence-corrected chi connectivity index (χ3v) is 4.77. The number of carbonyl (C=O) groups excluding carboxylic acids is 1. The van der Waals surface area contributed by atoms with Gasteiger partial charge in [0.15, 0.2) is 17.6 Å². The largest absolute Gasteiger partial charge is 0.490 e. The van der Waals surface area contributed by atoms with Gasteiger partial charge in [0.2, 0.25) is 0 Å². The van der Waals surface area contributed by atoms with Crippen molar-refractivity contribution in [3.8, 4) is 11.5 Å². The average Bonchev–Trinajstić information content (AvgIpc) is 2.92. The highest BCUT2D eigenvalue weighted by Crippen LogP contribution is 2.34. The SMILES string of the molecule is CCN(C(=O)C(O)c1cccc(C)n1)C(C)c1ccc2c(c1)OCCCO2. The molecule has 0 aliphatic carbocycles. The van der Waals surface area contributed by atoms with Gasteiger partial charge >= 0.3 is 0 Å². The van der Waals surface area contributed by atoms with Gasteiger partial charge in [-0.1, -0.05) is 12.1 Å². The summed E-state index contributed by atoms with van der Waals surface area (Å²) in [6.07, 6.45) is -0.442. The van der Waals surface area contributed by atoms with Crippen molar-refractivity contribution in [3.05, 3.63) is 53.3 Å². The molecule has 2 heterocycles. The quantitative estimate of drug-likeness (QED) is 0.875.